The molecule has 0 aliphatic heterocycles. The SMILES string of the molecule is Cc1ccc[c]c1-c1ccncn1. The molecule has 2 rings (SSSR count). The van der Waals surface area contributed by atoms with Crippen molar-refractivity contribution >= 4 is 0 Å². The lowest BCUT2D eigenvalue weighted by molar-refractivity contribution is 1.17. The monoisotopic (exact) mass is 169 g/mol. The maximum Gasteiger partial charge on any atom is 0.116 e. The first-order valence-corrected chi connectivity index (χ1v) is 4.11. The number of hydrogen-bond acceptors (Lipinski definition) is 2. The van der Waals surface area contributed by atoms with Crippen molar-refractivity contribution in [1.29, 1.82) is 0 Å². The average Bonchev–Trinajstić information content (AvgIpc) is 2.20. The lowest BCUT2D eigenvalue weighted by Crippen LogP contribution is -1.86. The molecular weight excluding hydrogens is 160 g/mol. The van der Waals surface area contributed by atoms with Crippen LogP contribution in [0.3, 0.4) is 0 Å². The highest BCUT2D eigenvalue weighted by Crippen LogP contribution is 2.18. The van der Waals surface area contributed by atoms with E-state index in [0.29, 0.717) is 0 Å². The molecule has 0 spiro atoms. The van der Waals surface area contributed by atoms with Crippen LogP contribution in [0, 0.1) is 13.0 Å². The fourth-order valence-corrected chi connectivity index (χ4v) is 1.24. The van der Waals surface area contributed by atoms with Gasteiger partial charge in [0.25, 0.3) is 0 Å². The van der Waals surface area contributed by atoms with E-state index in [0.717, 1.165) is 11.3 Å². The van der Waals surface area contributed by atoms with Crippen molar-refractivity contribution in [1.82, 2.24) is 9.97 Å². The third-order valence-corrected chi connectivity index (χ3v) is 1.90. The van der Waals surface area contributed by atoms with Gasteiger partial charge in [-0.3, -0.25) is 0 Å². The molecule has 1 radical (unpaired) electrons. The van der Waals surface area contributed by atoms with E-state index in [4.69, 9.17) is 0 Å². The second-order valence-electron chi connectivity index (χ2n) is 2.82. The molecule has 0 aliphatic rings. The molecule has 0 N–H and O–H groups in total. The summed E-state index contributed by atoms with van der Waals surface area (Å²) < 4.78 is 0. The number of aromatic nitrogens is 2. The lowest BCUT2D eigenvalue weighted by Gasteiger charge is -2.02. The van der Waals surface area contributed by atoms with Crippen LogP contribution in [0.25, 0.3) is 11.3 Å². The molecule has 13 heavy (non-hydrogen) atoms. The number of hydrogen-bond donors (Lipinski definition) is 0. The Kier molecular flexibility index (Phi) is 2.04. The van der Waals surface area contributed by atoms with Crippen molar-refractivity contribution in [2.45, 2.75) is 6.92 Å². The Morgan fingerprint density at radius 3 is 2.92 bits per heavy atom. The first-order valence-electron chi connectivity index (χ1n) is 4.11. The van der Waals surface area contributed by atoms with Crippen LogP contribution in [-0.4, -0.2) is 9.97 Å². The molecule has 0 atom stereocenters. The topological polar surface area (TPSA) is 25.8 Å². The zero-order chi connectivity index (χ0) is 9.10. The minimum atomic E-state index is 0.924. The maximum atomic E-state index is 4.17. The molecule has 0 fully saturated rings. The predicted molar refractivity (Wildman–Crippen MR) is 51.0 cm³/mol. The zero-order valence-electron chi connectivity index (χ0n) is 7.36. The van der Waals surface area contributed by atoms with Crippen molar-refractivity contribution in [2.75, 3.05) is 0 Å². The van der Waals surface area contributed by atoms with Gasteiger partial charge >= 0.3 is 0 Å². The molecule has 1 aromatic heterocycles. The Balaban J connectivity index is 2.54. The summed E-state index contributed by atoms with van der Waals surface area (Å²) in [5.41, 5.74) is 3.15. The van der Waals surface area contributed by atoms with Crippen molar-refractivity contribution < 1.29 is 0 Å². The first kappa shape index (κ1) is 7.92. The summed E-state index contributed by atoms with van der Waals surface area (Å²) in [6, 6.07) is 11.0. The van der Waals surface area contributed by atoms with Gasteiger partial charge in [-0.1, -0.05) is 18.2 Å². The van der Waals surface area contributed by atoms with Crippen molar-refractivity contribution in [3.8, 4) is 11.3 Å². The van der Waals surface area contributed by atoms with Gasteiger partial charge in [0.2, 0.25) is 0 Å². The van der Waals surface area contributed by atoms with E-state index in [9.17, 15) is 0 Å². The molecule has 0 saturated carbocycles. The van der Waals surface area contributed by atoms with Crippen LogP contribution in [0.15, 0.2) is 36.8 Å². The smallest absolute Gasteiger partial charge is 0.116 e. The van der Waals surface area contributed by atoms with Crippen LogP contribution in [-0.2, 0) is 0 Å². The van der Waals surface area contributed by atoms with Crippen LogP contribution in [0.1, 0.15) is 5.56 Å². The molecule has 0 amide bonds. The van der Waals surface area contributed by atoms with Gasteiger partial charge in [0.05, 0.1) is 5.69 Å². The summed E-state index contributed by atoms with van der Waals surface area (Å²) in [6.45, 7) is 2.05. The number of nitrogens with zero attached hydrogens (tertiary/aromatic N) is 2. The number of benzene rings is 1. The highest BCUT2D eigenvalue weighted by molar-refractivity contribution is 5.61. The van der Waals surface area contributed by atoms with Crippen molar-refractivity contribution in [2.24, 2.45) is 0 Å². The molecule has 2 aromatic rings. The van der Waals surface area contributed by atoms with E-state index in [-0.39, 0.29) is 0 Å². The van der Waals surface area contributed by atoms with E-state index in [1.54, 1.807) is 12.5 Å². The van der Waals surface area contributed by atoms with E-state index >= 15 is 0 Å². The van der Waals surface area contributed by atoms with Crippen molar-refractivity contribution in [3.05, 3.63) is 48.4 Å². The summed E-state index contributed by atoms with van der Waals surface area (Å²) in [7, 11) is 0. The van der Waals surface area contributed by atoms with Gasteiger partial charge in [0.1, 0.15) is 6.33 Å². The summed E-state index contributed by atoms with van der Waals surface area (Å²) in [5.74, 6) is 0. The predicted octanol–water partition coefficient (Wildman–Crippen LogP) is 2.25. The second kappa shape index (κ2) is 3.35. The molecule has 2 nitrogen and oxygen atoms in total. The highest BCUT2D eigenvalue weighted by atomic mass is 14.8. The minimum Gasteiger partial charge on any atom is -0.245 e. The fraction of sp³-hybridized carbons (Fsp3) is 0.0909. The summed E-state index contributed by atoms with van der Waals surface area (Å²) >= 11 is 0. The molecule has 1 aromatic carbocycles. The Morgan fingerprint density at radius 2 is 2.23 bits per heavy atom. The van der Waals surface area contributed by atoms with Gasteiger partial charge in [0.15, 0.2) is 0 Å². The van der Waals surface area contributed by atoms with Gasteiger partial charge in [-0.05, 0) is 24.6 Å². The maximum absolute atomic E-state index is 4.17. The molecule has 1 heterocycles. The third kappa shape index (κ3) is 1.56. The van der Waals surface area contributed by atoms with Crippen LogP contribution in [0.2, 0.25) is 0 Å². The Hall–Kier alpha value is -1.70. The summed E-state index contributed by atoms with van der Waals surface area (Å²) in [6.07, 6.45) is 3.29. The molecule has 0 bridgehead atoms. The third-order valence-electron chi connectivity index (χ3n) is 1.90. The van der Waals surface area contributed by atoms with Crippen LogP contribution in [0.4, 0.5) is 0 Å². The number of rotatable bonds is 1. The van der Waals surface area contributed by atoms with Crippen LogP contribution in [0.5, 0.6) is 0 Å². The van der Waals surface area contributed by atoms with Gasteiger partial charge in [-0.15, -0.1) is 0 Å². The minimum absolute atomic E-state index is 0.924. The first-order chi connectivity index (χ1) is 6.38. The molecule has 0 unspecified atom stereocenters. The van der Waals surface area contributed by atoms with Gasteiger partial charge in [-0.25, -0.2) is 9.97 Å². The molecule has 63 valence electrons. The van der Waals surface area contributed by atoms with E-state index in [2.05, 4.69) is 16.0 Å². The zero-order valence-corrected chi connectivity index (χ0v) is 7.36. The average molecular weight is 169 g/mol. The summed E-state index contributed by atoms with van der Waals surface area (Å²) in [5, 5.41) is 0. The van der Waals surface area contributed by atoms with Crippen LogP contribution < -0.4 is 0 Å². The molecule has 0 aliphatic carbocycles. The Morgan fingerprint density at radius 1 is 1.31 bits per heavy atom. The van der Waals surface area contributed by atoms with Gasteiger partial charge in [-0.2, -0.15) is 0 Å². The largest absolute Gasteiger partial charge is 0.245 e. The molecular formula is C11H9N2. The van der Waals surface area contributed by atoms with Crippen LogP contribution >= 0.6 is 0 Å². The van der Waals surface area contributed by atoms with E-state index < -0.39 is 0 Å². The fourth-order valence-electron chi connectivity index (χ4n) is 1.24. The van der Waals surface area contributed by atoms with Crippen molar-refractivity contribution in [3.63, 3.8) is 0 Å². The normalized spacial score (nSPS) is 9.92. The number of aryl methyl sites for hydroxylation is 1. The highest BCUT2D eigenvalue weighted by Gasteiger charge is 2.00. The quantitative estimate of drug-likeness (QED) is 0.654. The lowest BCUT2D eigenvalue weighted by atomic mass is 10.1. The summed E-state index contributed by atoms with van der Waals surface area (Å²) in [4.78, 5) is 8.04. The van der Waals surface area contributed by atoms with E-state index in [1.807, 2.05) is 31.2 Å². The molecule has 2 heteroatoms. The second-order valence-corrected chi connectivity index (χ2v) is 2.82. The van der Waals surface area contributed by atoms with Gasteiger partial charge < -0.3 is 0 Å². The standard InChI is InChI=1S/C11H9N2/c1-9-4-2-3-5-10(9)11-6-7-12-8-13-11/h2-4,6-8H,1H3. The van der Waals surface area contributed by atoms with Gasteiger partial charge in [0, 0.05) is 11.8 Å². The van der Waals surface area contributed by atoms with E-state index in [1.165, 1.54) is 5.56 Å². The Bertz CT molecular complexity index is 396. The Labute approximate surface area is 77.3 Å². The molecule has 0 saturated heterocycles.